The summed E-state index contributed by atoms with van der Waals surface area (Å²) in [7, 11) is -3.04. The minimum Gasteiger partial charge on any atom is -0.494 e. The molecule has 2 rings (SSSR count). The predicted molar refractivity (Wildman–Crippen MR) is 86.0 cm³/mol. The van der Waals surface area contributed by atoms with Crippen LogP contribution in [0.1, 0.15) is 43.5 Å². The predicted octanol–water partition coefficient (Wildman–Crippen LogP) is 2.17. The fourth-order valence-corrected chi connectivity index (χ4v) is 4.59. The van der Waals surface area contributed by atoms with E-state index in [1.807, 2.05) is 0 Å². The van der Waals surface area contributed by atoms with E-state index in [1.54, 1.807) is 31.2 Å². The van der Waals surface area contributed by atoms with E-state index in [9.17, 15) is 13.2 Å². The summed E-state index contributed by atoms with van der Waals surface area (Å²) in [6.07, 6.45) is 2.52. The number of carbonyl (C=O) groups is 1. The van der Waals surface area contributed by atoms with Gasteiger partial charge in [0.25, 0.3) is 5.91 Å². The molecule has 1 aromatic carbocycles. The number of ether oxygens (including phenoxy) is 1. The molecule has 6 heteroatoms. The topological polar surface area (TPSA) is 72.5 Å². The van der Waals surface area contributed by atoms with Gasteiger partial charge in [0.1, 0.15) is 5.75 Å². The zero-order valence-electron chi connectivity index (χ0n) is 13.1. The van der Waals surface area contributed by atoms with Crippen molar-refractivity contribution in [2.75, 3.05) is 18.1 Å². The molecular formula is C16H23NO4S. The zero-order valence-corrected chi connectivity index (χ0v) is 13.9. The minimum atomic E-state index is -3.04. The summed E-state index contributed by atoms with van der Waals surface area (Å²) >= 11 is 0. The lowest BCUT2D eigenvalue weighted by Gasteiger charge is -2.23. The van der Waals surface area contributed by atoms with Gasteiger partial charge in [-0.15, -0.1) is 0 Å². The average molecular weight is 325 g/mol. The third-order valence-corrected chi connectivity index (χ3v) is 5.70. The fourth-order valence-electron chi connectivity index (χ4n) is 2.49. The van der Waals surface area contributed by atoms with Crippen molar-refractivity contribution in [1.29, 1.82) is 0 Å². The summed E-state index contributed by atoms with van der Waals surface area (Å²) in [6, 6.07) is 6.92. The number of benzene rings is 1. The Balaban J connectivity index is 1.95. The minimum absolute atomic E-state index is 0.00392. The van der Waals surface area contributed by atoms with Crippen molar-refractivity contribution in [3.8, 4) is 5.75 Å². The fraction of sp³-hybridized carbons (Fsp3) is 0.562. The van der Waals surface area contributed by atoms with E-state index in [4.69, 9.17) is 4.74 Å². The van der Waals surface area contributed by atoms with Gasteiger partial charge in [-0.2, -0.15) is 0 Å². The number of amides is 1. The molecule has 1 unspecified atom stereocenters. The second-order valence-corrected chi connectivity index (χ2v) is 8.27. The maximum absolute atomic E-state index is 12.2. The van der Waals surface area contributed by atoms with Gasteiger partial charge in [-0.3, -0.25) is 4.79 Å². The number of nitrogens with one attached hydrogen (secondary N) is 1. The Bertz CT molecular complexity index is 624. The van der Waals surface area contributed by atoms with Gasteiger partial charge >= 0.3 is 0 Å². The summed E-state index contributed by atoms with van der Waals surface area (Å²) in [5.41, 5.74) is -0.167. The first-order chi connectivity index (χ1) is 10.3. The lowest BCUT2D eigenvalue weighted by molar-refractivity contribution is 0.0915. The van der Waals surface area contributed by atoms with Crippen molar-refractivity contribution in [3.05, 3.63) is 29.8 Å². The highest BCUT2D eigenvalue weighted by Crippen LogP contribution is 2.23. The summed E-state index contributed by atoms with van der Waals surface area (Å²) in [6.45, 7) is 4.54. The second-order valence-electron chi connectivity index (χ2n) is 6.08. The van der Waals surface area contributed by atoms with Gasteiger partial charge in [0.05, 0.1) is 23.7 Å². The Morgan fingerprint density at radius 3 is 2.55 bits per heavy atom. The largest absolute Gasteiger partial charge is 0.494 e. The molecule has 1 aliphatic rings. The summed E-state index contributed by atoms with van der Waals surface area (Å²) < 4.78 is 28.7. The van der Waals surface area contributed by atoms with Crippen molar-refractivity contribution >= 4 is 15.7 Å². The summed E-state index contributed by atoms with van der Waals surface area (Å²) in [5, 5.41) is 2.84. The van der Waals surface area contributed by atoms with E-state index < -0.39 is 15.4 Å². The third kappa shape index (κ3) is 4.47. The van der Waals surface area contributed by atoms with Gasteiger partial charge in [0.15, 0.2) is 9.84 Å². The highest BCUT2D eigenvalue weighted by Gasteiger charge is 2.39. The lowest BCUT2D eigenvalue weighted by Crippen LogP contribution is -2.46. The molecule has 1 atom stereocenters. The van der Waals surface area contributed by atoms with E-state index >= 15 is 0 Å². The highest BCUT2D eigenvalue weighted by molar-refractivity contribution is 7.91. The number of hydrogen-bond donors (Lipinski definition) is 1. The first kappa shape index (κ1) is 16.8. The smallest absolute Gasteiger partial charge is 0.251 e. The van der Waals surface area contributed by atoms with Crippen LogP contribution >= 0.6 is 0 Å². The lowest BCUT2D eigenvalue weighted by atomic mass is 10.0. The molecular weight excluding hydrogens is 302 g/mol. The maximum Gasteiger partial charge on any atom is 0.251 e. The van der Waals surface area contributed by atoms with Crippen molar-refractivity contribution < 1.29 is 17.9 Å². The van der Waals surface area contributed by atoms with Crippen LogP contribution in [0.2, 0.25) is 0 Å². The van der Waals surface area contributed by atoms with Gasteiger partial charge in [0, 0.05) is 5.56 Å². The summed E-state index contributed by atoms with van der Waals surface area (Å²) in [4.78, 5) is 12.2. The standard InChI is InChI=1S/C16H23NO4S/c1-3-4-10-21-14-7-5-13(6-8-14)15(18)17-16(2)9-11-22(19,20)12-16/h5-8H,3-4,9-12H2,1-2H3,(H,17,18). The number of carbonyl (C=O) groups excluding carboxylic acids is 1. The van der Waals surface area contributed by atoms with Gasteiger partial charge in [-0.05, 0) is 44.0 Å². The highest BCUT2D eigenvalue weighted by atomic mass is 32.2. The van der Waals surface area contributed by atoms with Crippen LogP contribution in [0.3, 0.4) is 0 Å². The molecule has 1 amide bonds. The van der Waals surface area contributed by atoms with Crippen LogP contribution in [-0.2, 0) is 9.84 Å². The summed E-state index contributed by atoms with van der Waals surface area (Å²) in [5.74, 6) is 0.622. The van der Waals surface area contributed by atoms with Crippen LogP contribution in [0.4, 0.5) is 0 Å². The third-order valence-electron chi connectivity index (χ3n) is 3.80. The van der Waals surface area contributed by atoms with E-state index in [1.165, 1.54) is 0 Å². The van der Waals surface area contributed by atoms with Crippen LogP contribution in [0.15, 0.2) is 24.3 Å². The van der Waals surface area contributed by atoms with Crippen molar-refractivity contribution in [2.45, 2.75) is 38.6 Å². The van der Waals surface area contributed by atoms with Crippen LogP contribution in [0.25, 0.3) is 0 Å². The van der Waals surface area contributed by atoms with Gasteiger partial charge < -0.3 is 10.1 Å². The Labute approximate surface area is 132 Å². The Hall–Kier alpha value is -1.56. The van der Waals surface area contributed by atoms with E-state index in [0.717, 1.165) is 18.6 Å². The van der Waals surface area contributed by atoms with E-state index in [-0.39, 0.29) is 17.4 Å². The second kappa shape index (κ2) is 6.69. The molecule has 0 spiro atoms. The molecule has 0 aromatic heterocycles. The first-order valence-corrected chi connectivity index (χ1v) is 9.41. The molecule has 0 bridgehead atoms. The van der Waals surface area contributed by atoms with Gasteiger partial charge in [0.2, 0.25) is 0 Å². The van der Waals surface area contributed by atoms with Gasteiger partial charge in [-0.25, -0.2) is 8.42 Å². The normalized spacial score (nSPS) is 23.2. The Morgan fingerprint density at radius 2 is 2.00 bits per heavy atom. The monoisotopic (exact) mass is 325 g/mol. The Morgan fingerprint density at radius 1 is 1.32 bits per heavy atom. The molecule has 1 aliphatic heterocycles. The zero-order chi connectivity index (χ0) is 16.2. The number of sulfone groups is 1. The van der Waals surface area contributed by atoms with Crippen LogP contribution < -0.4 is 10.1 Å². The molecule has 0 radical (unpaired) electrons. The molecule has 22 heavy (non-hydrogen) atoms. The molecule has 1 heterocycles. The molecule has 1 N–H and O–H groups in total. The molecule has 1 fully saturated rings. The molecule has 0 aliphatic carbocycles. The van der Waals surface area contributed by atoms with Crippen LogP contribution in [0.5, 0.6) is 5.75 Å². The van der Waals surface area contributed by atoms with E-state index in [2.05, 4.69) is 12.2 Å². The van der Waals surface area contributed by atoms with E-state index in [0.29, 0.717) is 18.6 Å². The molecule has 0 saturated carbocycles. The first-order valence-electron chi connectivity index (χ1n) is 7.59. The molecule has 1 saturated heterocycles. The molecule has 1 aromatic rings. The van der Waals surface area contributed by atoms with Crippen molar-refractivity contribution in [2.24, 2.45) is 0 Å². The molecule has 5 nitrogen and oxygen atoms in total. The number of unbranched alkanes of at least 4 members (excludes halogenated alkanes) is 1. The Kier molecular flexibility index (Phi) is 5.11. The van der Waals surface area contributed by atoms with Crippen molar-refractivity contribution in [1.82, 2.24) is 5.32 Å². The van der Waals surface area contributed by atoms with Crippen LogP contribution in [0, 0.1) is 0 Å². The van der Waals surface area contributed by atoms with Crippen molar-refractivity contribution in [3.63, 3.8) is 0 Å². The van der Waals surface area contributed by atoms with Gasteiger partial charge in [-0.1, -0.05) is 13.3 Å². The maximum atomic E-state index is 12.2. The number of hydrogen-bond acceptors (Lipinski definition) is 4. The quantitative estimate of drug-likeness (QED) is 0.814. The molecule has 122 valence electrons. The number of rotatable bonds is 6. The van der Waals surface area contributed by atoms with Crippen LogP contribution in [-0.4, -0.2) is 38.0 Å². The SMILES string of the molecule is CCCCOc1ccc(C(=O)NC2(C)CCS(=O)(=O)C2)cc1. The average Bonchev–Trinajstić information content (AvgIpc) is 2.73.